The van der Waals surface area contributed by atoms with Crippen molar-refractivity contribution in [3.05, 3.63) is 22.3 Å². The fourth-order valence-corrected chi connectivity index (χ4v) is 3.81. The molecule has 1 saturated heterocycles. The molecule has 1 aromatic rings. The molecule has 1 aromatic heterocycles. The van der Waals surface area contributed by atoms with E-state index in [2.05, 4.69) is 9.88 Å². The van der Waals surface area contributed by atoms with Crippen molar-refractivity contribution in [1.29, 1.82) is 0 Å². The number of nitrogens with zero attached hydrogens (tertiary/aromatic N) is 3. The second-order valence-corrected chi connectivity index (χ2v) is 6.82. The van der Waals surface area contributed by atoms with Crippen LogP contribution in [0.25, 0.3) is 0 Å². The molecule has 0 spiro atoms. The molecule has 2 fully saturated rings. The fourth-order valence-electron chi connectivity index (χ4n) is 3.31. The molecule has 1 aliphatic heterocycles. The highest BCUT2D eigenvalue weighted by Crippen LogP contribution is 2.29. The molecule has 0 bridgehead atoms. The number of aromatic nitrogens is 1. The van der Waals surface area contributed by atoms with E-state index in [1.807, 2.05) is 4.90 Å². The van der Waals surface area contributed by atoms with Crippen molar-refractivity contribution < 1.29 is 4.79 Å². The van der Waals surface area contributed by atoms with Gasteiger partial charge in [-0.25, -0.2) is 4.98 Å². The Hall–Kier alpha value is -1.04. The lowest BCUT2D eigenvalue weighted by Crippen LogP contribution is -2.52. The van der Waals surface area contributed by atoms with Gasteiger partial charge in [0.25, 0.3) is 0 Å². The zero-order chi connectivity index (χ0) is 15.7. The number of halogens is 2. The van der Waals surface area contributed by atoms with Gasteiger partial charge in [-0.3, -0.25) is 4.79 Å². The Bertz CT molecular complexity index is 560. The Labute approximate surface area is 140 Å². The average Bonchev–Trinajstić information content (AvgIpc) is 2.93. The lowest BCUT2D eigenvalue weighted by atomic mass is 10.0. The molecule has 5 nitrogen and oxygen atoms in total. The van der Waals surface area contributed by atoms with Crippen LogP contribution in [0.3, 0.4) is 0 Å². The van der Waals surface area contributed by atoms with E-state index in [0.29, 0.717) is 23.1 Å². The molecule has 3 rings (SSSR count). The van der Waals surface area contributed by atoms with Crippen LogP contribution < -0.4 is 10.6 Å². The quantitative estimate of drug-likeness (QED) is 0.894. The minimum Gasteiger partial charge on any atom is -0.352 e. The predicted molar refractivity (Wildman–Crippen MR) is 88.4 cm³/mol. The van der Waals surface area contributed by atoms with Gasteiger partial charge in [-0.15, -0.1) is 0 Å². The molecule has 2 aliphatic rings. The number of nitrogens with two attached hydrogens (primary N) is 1. The van der Waals surface area contributed by atoms with E-state index in [4.69, 9.17) is 28.9 Å². The monoisotopic (exact) mass is 342 g/mol. The van der Waals surface area contributed by atoms with Crippen LogP contribution in [0.1, 0.15) is 19.3 Å². The van der Waals surface area contributed by atoms with Crippen molar-refractivity contribution in [1.82, 2.24) is 9.88 Å². The van der Waals surface area contributed by atoms with Crippen LogP contribution >= 0.6 is 23.2 Å². The maximum absolute atomic E-state index is 12.5. The van der Waals surface area contributed by atoms with Crippen molar-refractivity contribution in [2.75, 3.05) is 31.1 Å². The fraction of sp³-hybridized carbons (Fsp3) is 0.600. The number of pyridine rings is 1. The number of amides is 1. The Balaban J connectivity index is 1.61. The minimum absolute atomic E-state index is 0.00351. The summed E-state index contributed by atoms with van der Waals surface area (Å²) in [6.07, 6.45) is 4.53. The second-order valence-electron chi connectivity index (χ2n) is 5.97. The Morgan fingerprint density at radius 3 is 2.55 bits per heavy atom. The summed E-state index contributed by atoms with van der Waals surface area (Å²) in [5.41, 5.74) is 6.04. The number of hydrogen-bond acceptors (Lipinski definition) is 4. The van der Waals surface area contributed by atoms with E-state index < -0.39 is 0 Å². The highest BCUT2D eigenvalue weighted by Gasteiger charge is 2.34. The highest BCUT2D eigenvalue weighted by atomic mass is 35.5. The van der Waals surface area contributed by atoms with Crippen molar-refractivity contribution >= 4 is 34.9 Å². The zero-order valence-electron chi connectivity index (χ0n) is 12.3. The molecule has 120 valence electrons. The molecule has 1 saturated carbocycles. The molecule has 2 N–H and O–H groups in total. The molecule has 0 aromatic carbocycles. The van der Waals surface area contributed by atoms with Gasteiger partial charge in [-0.05, 0) is 18.9 Å². The number of piperazine rings is 1. The molecule has 0 radical (unpaired) electrons. The number of hydrogen-bond donors (Lipinski definition) is 1. The molecule has 7 heteroatoms. The van der Waals surface area contributed by atoms with Gasteiger partial charge in [-0.2, -0.15) is 0 Å². The van der Waals surface area contributed by atoms with Crippen molar-refractivity contribution in [3.63, 3.8) is 0 Å². The van der Waals surface area contributed by atoms with Crippen LogP contribution in [0.2, 0.25) is 10.0 Å². The van der Waals surface area contributed by atoms with E-state index >= 15 is 0 Å². The zero-order valence-corrected chi connectivity index (χ0v) is 13.9. The third kappa shape index (κ3) is 3.16. The van der Waals surface area contributed by atoms with E-state index in [1.54, 1.807) is 12.3 Å². The Morgan fingerprint density at radius 1 is 1.23 bits per heavy atom. The molecule has 1 aliphatic carbocycles. The standard InChI is InChI=1S/C15H20Cl2N4O/c16-10-8-12(17)14(19-9-10)20-4-6-21(7-5-20)15(22)11-2-1-3-13(11)18/h8-9,11,13H,1-7,18H2/t11-,13+/m1/s1. The van der Waals surface area contributed by atoms with Crippen LogP contribution in [-0.4, -0.2) is 48.0 Å². The first-order valence-electron chi connectivity index (χ1n) is 7.66. The van der Waals surface area contributed by atoms with Crippen molar-refractivity contribution in [2.24, 2.45) is 11.7 Å². The molecule has 22 heavy (non-hydrogen) atoms. The van der Waals surface area contributed by atoms with Gasteiger partial charge in [-0.1, -0.05) is 29.6 Å². The largest absolute Gasteiger partial charge is 0.352 e. The summed E-state index contributed by atoms with van der Waals surface area (Å²) in [7, 11) is 0. The Morgan fingerprint density at radius 2 is 1.95 bits per heavy atom. The van der Waals surface area contributed by atoms with Crippen LogP contribution in [0.15, 0.2) is 12.3 Å². The molecule has 0 unspecified atom stereocenters. The van der Waals surface area contributed by atoms with E-state index in [0.717, 1.165) is 38.2 Å². The lowest BCUT2D eigenvalue weighted by Gasteiger charge is -2.37. The van der Waals surface area contributed by atoms with Crippen LogP contribution in [-0.2, 0) is 4.79 Å². The highest BCUT2D eigenvalue weighted by molar-refractivity contribution is 6.36. The SMILES string of the molecule is N[C@H]1CCC[C@H]1C(=O)N1CCN(c2ncc(Cl)cc2Cl)CC1. The summed E-state index contributed by atoms with van der Waals surface area (Å²) in [4.78, 5) is 20.9. The summed E-state index contributed by atoms with van der Waals surface area (Å²) in [5.74, 6) is 0.944. The first-order chi connectivity index (χ1) is 10.6. The Kier molecular flexibility index (Phi) is 4.76. The molecular formula is C15H20Cl2N4O. The maximum Gasteiger partial charge on any atom is 0.227 e. The van der Waals surface area contributed by atoms with Gasteiger partial charge >= 0.3 is 0 Å². The molecule has 2 atom stereocenters. The number of carbonyl (C=O) groups excluding carboxylic acids is 1. The van der Waals surface area contributed by atoms with Gasteiger partial charge in [0.05, 0.1) is 16.0 Å². The molecule has 2 heterocycles. The lowest BCUT2D eigenvalue weighted by molar-refractivity contribution is -0.136. The topological polar surface area (TPSA) is 62.5 Å². The smallest absolute Gasteiger partial charge is 0.227 e. The van der Waals surface area contributed by atoms with Gasteiger partial charge < -0.3 is 15.5 Å². The molecule has 1 amide bonds. The van der Waals surface area contributed by atoms with Crippen LogP contribution in [0.4, 0.5) is 5.82 Å². The second kappa shape index (κ2) is 6.60. The van der Waals surface area contributed by atoms with Gasteiger partial charge in [0.2, 0.25) is 5.91 Å². The first-order valence-corrected chi connectivity index (χ1v) is 8.42. The third-order valence-corrected chi connectivity index (χ3v) is 5.05. The third-order valence-electron chi connectivity index (χ3n) is 4.57. The summed E-state index contributed by atoms with van der Waals surface area (Å²) in [5, 5.41) is 1.07. The minimum atomic E-state index is 0.00351. The van der Waals surface area contributed by atoms with Gasteiger partial charge in [0, 0.05) is 38.4 Å². The van der Waals surface area contributed by atoms with E-state index in [-0.39, 0.29) is 17.9 Å². The summed E-state index contributed by atoms with van der Waals surface area (Å²) < 4.78 is 0. The van der Waals surface area contributed by atoms with Crippen LogP contribution in [0, 0.1) is 5.92 Å². The van der Waals surface area contributed by atoms with E-state index in [1.165, 1.54) is 0 Å². The van der Waals surface area contributed by atoms with Crippen molar-refractivity contribution in [2.45, 2.75) is 25.3 Å². The molecular weight excluding hydrogens is 323 g/mol. The van der Waals surface area contributed by atoms with Gasteiger partial charge in [0.15, 0.2) is 0 Å². The van der Waals surface area contributed by atoms with Crippen molar-refractivity contribution in [3.8, 4) is 0 Å². The summed E-state index contributed by atoms with van der Waals surface area (Å²) in [6, 6.07) is 1.72. The number of carbonyl (C=O) groups is 1. The predicted octanol–water partition coefficient (Wildman–Crippen LogP) is 2.16. The summed E-state index contributed by atoms with van der Waals surface area (Å²) >= 11 is 12.1. The van der Waals surface area contributed by atoms with Gasteiger partial charge in [0.1, 0.15) is 5.82 Å². The number of rotatable bonds is 2. The number of anilines is 1. The van der Waals surface area contributed by atoms with E-state index in [9.17, 15) is 4.79 Å². The normalized spacial score (nSPS) is 25.6. The summed E-state index contributed by atoms with van der Waals surface area (Å²) in [6.45, 7) is 2.81. The average molecular weight is 343 g/mol. The van der Waals surface area contributed by atoms with Crippen LogP contribution in [0.5, 0.6) is 0 Å². The maximum atomic E-state index is 12.5. The first kappa shape index (κ1) is 15.8.